The number of aliphatic hydroxyl groups is 1. The van der Waals surface area contributed by atoms with Crippen LogP contribution in [0.15, 0.2) is 11.4 Å². The van der Waals surface area contributed by atoms with Crippen molar-refractivity contribution in [2.45, 2.75) is 18.4 Å². The maximum atomic E-state index is 8.66. The van der Waals surface area contributed by atoms with Crippen LogP contribution in [0.2, 0.25) is 5.15 Å². The summed E-state index contributed by atoms with van der Waals surface area (Å²) in [6.45, 7) is 2.16. The average molecular weight is 219 g/mol. The van der Waals surface area contributed by atoms with Crippen molar-refractivity contribution < 1.29 is 5.11 Å². The van der Waals surface area contributed by atoms with E-state index in [-0.39, 0.29) is 6.61 Å². The standard InChI is InChI=1S/C8H11ClN2OS/c1-2-6-7(9)10-5-11-8(6)13-4-3-12/h5,12H,2-4H2,1H3. The molecule has 0 aromatic carbocycles. The number of nitrogens with zero attached hydrogens (tertiary/aromatic N) is 2. The molecule has 0 unspecified atom stereocenters. The smallest absolute Gasteiger partial charge is 0.136 e. The molecule has 1 heterocycles. The zero-order valence-electron chi connectivity index (χ0n) is 7.33. The largest absolute Gasteiger partial charge is 0.396 e. The van der Waals surface area contributed by atoms with Crippen molar-refractivity contribution in [1.82, 2.24) is 9.97 Å². The summed E-state index contributed by atoms with van der Waals surface area (Å²) in [4.78, 5) is 8.00. The topological polar surface area (TPSA) is 46.0 Å². The van der Waals surface area contributed by atoms with Crippen molar-refractivity contribution >= 4 is 23.4 Å². The highest BCUT2D eigenvalue weighted by molar-refractivity contribution is 7.99. The minimum atomic E-state index is 0.148. The Balaban J connectivity index is 2.85. The summed E-state index contributed by atoms with van der Waals surface area (Å²) in [5.41, 5.74) is 0.961. The highest BCUT2D eigenvalue weighted by Gasteiger charge is 2.07. The third-order valence-electron chi connectivity index (χ3n) is 1.54. The summed E-state index contributed by atoms with van der Waals surface area (Å²) in [5.74, 6) is 0.639. The fraction of sp³-hybridized carbons (Fsp3) is 0.500. The van der Waals surface area contributed by atoms with E-state index in [1.54, 1.807) is 0 Å². The Morgan fingerprint density at radius 3 is 2.92 bits per heavy atom. The van der Waals surface area contributed by atoms with E-state index in [1.165, 1.54) is 18.1 Å². The van der Waals surface area contributed by atoms with E-state index in [2.05, 4.69) is 9.97 Å². The third-order valence-corrected chi connectivity index (χ3v) is 2.87. The van der Waals surface area contributed by atoms with Gasteiger partial charge in [0.1, 0.15) is 16.5 Å². The van der Waals surface area contributed by atoms with Gasteiger partial charge in [0.05, 0.1) is 6.61 Å². The lowest BCUT2D eigenvalue weighted by molar-refractivity contribution is 0.322. The Morgan fingerprint density at radius 2 is 2.31 bits per heavy atom. The van der Waals surface area contributed by atoms with Gasteiger partial charge < -0.3 is 5.11 Å². The number of hydrogen-bond donors (Lipinski definition) is 1. The van der Waals surface area contributed by atoms with Crippen molar-refractivity contribution in [1.29, 1.82) is 0 Å². The number of hydrogen-bond acceptors (Lipinski definition) is 4. The fourth-order valence-corrected chi connectivity index (χ4v) is 2.08. The zero-order chi connectivity index (χ0) is 9.68. The van der Waals surface area contributed by atoms with Crippen molar-refractivity contribution in [3.63, 3.8) is 0 Å². The molecule has 1 rings (SSSR count). The van der Waals surface area contributed by atoms with E-state index in [1.807, 2.05) is 6.92 Å². The summed E-state index contributed by atoms with van der Waals surface area (Å²) in [6, 6.07) is 0. The van der Waals surface area contributed by atoms with Crippen LogP contribution in [0, 0.1) is 0 Å². The Hall–Kier alpha value is -0.320. The number of aromatic nitrogens is 2. The lowest BCUT2D eigenvalue weighted by Crippen LogP contribution is -1.96. The number of aliphatic hydroxyl groups excluding tert-OH is 1. The SMILES string of the molecule is CCc1c(Cl)ncnc1SCCO. The second kappa shape index (κ2) is 5.42. The summed E-state index contributed by atoms with van der Waals surface area (Å²) in [6.07, 6.45) is 2.26. The molecule has 0 amide bonds. The van der Waals surface area contributed by atoms with Crippen LogP contribution in [0.5, 0.6) is 0 Å². The van der Waals surface area contributed by atoms with E-state index >= 15 is 0 Å². The molecule has 72 valence electrons. The molecule has 1 aromatic rings. The van der Waals surface area contributed by atoms with Crippen molar-refractivity contribution in [2.24, 2.45) is 0 Å². The van der Waals surface area contributed by atoms with E-state index in [0.29, 0.717) is 10.9 Å². The van der Waals surface area contributed by atoms with Gasteiger partial charge in [-0.05, 0) is 6.42 Å². The van der Waals surface area contributed by atoms with Gasteiger partial charge in [-0.2, -0.15) is 0 Å². The van der Waals surface area contributed by atoms with Crippen LogP contribution in [0.3, 0.4) is 0 Å². The molecule has 0 aliphatic heterocycles. The Bertz CT molecular complexity index is 283. The molecule has 13 heavy (non-hydrogen) atoms. The summed E-state index contributed by atoms with van der Waals surface area (Å²) >= 11 is 7.38. The van der Waals surface area contributed by atoms with E-state index in [4.69, 9.17) is 16.7 Å². The van der Waals surface area contributed by atoms with Gasteiger partial charge in [-0.3, -0.25) is 0 Å². The molecule has 0 saturated carbocycles. The highest BCUT2D eigenvalue weighted by Crippen LogP contribution is 2.24. The van der Waals surface area contributed by atoms with Gasteiger partial charge >= 0.3 is 0 Å². The molecule has 1 aromatic heterocycles. The highest BCUT2D eigenvalue weighted by atomic mass is 35.5. The number of rotatable bonds is 4. The van der Waals surface area contributed by atoms with Gasteiger partial charge in [-0.1, -0.05) is 18.5 Å². The van der Waals surface area contributed by atoms with Crippen LogP contribution >= 0.6 is 23.4 Å². The second-order valence-corrected chi connectivity index (χ2v) is 3.82. The van der Waals surface area contributed by atoms with Crippen LogP contribution in [0.1, 0.15) is 12.5 Å². The fourth-order valence-electron chi connectivity index (χ4n) is 0.940. The molecule has 3 nitrogen and oxygen atoms in total. The molecule has 0 spiro atoms. The Kier molecular flexibility index (Phi) is 4.48. The first-order chi connectivity index (χ1) is 6.29. The van der Waals surface area contributed by atoms with Gasteiger partial charge in [0.25, 0.3) is 0 Å². The minimum absolute atomic E-state index is 0.148. The molecule has 0 radical (unpaired) electrons. The summed E-state index contributed by atoms with van der Waals surface area (Å²) in [5, 5.41) is 10.0. The van der Waals surface area contributed by atoms with Gasteiger partial charge in [0, 0.05) is 11.3 Å². The Morgan fingerprint density at radius 1 is 1.54 bits per heavy atom. The van der Waals surface area contributed by atoms with Crippen molar-refractivity contribution in [3.8, 4) is 0 Å². The zero-order valence-corrected chi connectivity index (χ0v) is 8.90. The molecule has 5 heteroatoms. The van der Waals surface area contributed by atoms with Gasteiger partial charge in [0.15, 0.2) is 0 Å². The van der Waals surface area contributed by atoms with Gasteiger partial charge in [0.2, 0.25) is 0 Å². The van der Waals surface area contributed by atoms with E-state index < -0.39 is 0 Å². The molecule has 0 bridgehead atoms. The lowest BCUT2D eigenvalue weighted by Gasteiger charge is -2.05. The molecular weight excluding hydrogens is 208 g/mol. The molecular formula is C8H11ClN2OS. The van der Waals surface area contributed by atoms with Crippen LogP contribution in [0.25, 0.3) is 0 Å². The predicted octanol–water partition coefficient (Wildman–Crippen LogP) is 1.78. The van der Waals surface area contributed by atoms with Crippen LogP contribution in [-0.4, -0.2) is 27.4 Å². The minimum Gasteiger partial charge on any atom is -0.396 e. The van der Waals surface area contributed by atoms with Gasteiger partial charge in [-0.25, -0.2) is 9.97 Å². The van der Waals surface area contributed by atoms with E-state index in [0.717, 1.165) is 17.0 Å². The second-order valence-electron chi connectivity index (χ2n) is 2.37. The number of thioether (sulfide) groups is 1. The van der Waals surface area contributed by atoms with Crippen LogP contribution in [0.4, 0.5) is 0 Å². The van der Waals surface area contributed by atoms with Crippen LogP contribution < -0.4 is 0 Å². The number of halogens is 1. The van der Waals surface area contributed by atoms with Crippen molar-refractivity contribution in [2.75, 3.05) is 12.4 Å². The molecule has 0 fully saturated rings. The quantitative estimate of drug-likeness (QED) is 0.618. The summed E-state index contributed by atoms with van der Waals surface area (Å²) in [7, 11) is 0. The van der Waals surface area contributed by atoms with E-state index in [9.17, 15) is 0 Å². The molecule has 0 saturated heterocycles. The monoisotopic (exact) mass is 218 g/mol. The first-order valence-corrected chi connectivity index (χ1v) is 5.39. The maximum absolute atomic E-state index is 8.66. The Labute approximate surface area is 86.6 Å². The molecule has 0 atom stereocenters. The predicted molar refractivity (Wildman–Crippen MR) is 54.2 cm³/mol. The maximum Gasteiger partial charge on any atom is 0.136 e. The molecule has 0 aliphatic rings. The lowest BCUT2D eigenvalue weighted by atomic mass is 10.3. The van der Waals surface area contributed by atoms with Gasteiger partial charge in [-0.15, -0.1) is 11.8 Å². The first kappa shape index (κ1) is 10.8. The van der Waals surface area contributed by atoms with Crippen molar-refractivity contribution in [3.05, 3.63) is 17.0 Å². The average Bonchev–Trinajstić information content (AvgIpc) is 2.15. The molecule has 0 aliphatic carbocycles. The third kappa shape index (κ3) is 2.83. The first-order valence-electron chi connectivity index (χ1n) is 4.02. The molecule has 1 N–H and O–H groups in total. The normalized spacial score (nSPS) is 10.4. The summed E-state index contributed by atoms with van der Waals surface area (Å²) < 4.78 is 0. The van der Waals surface area contributed by atoms with Crippen LogP contribution in [-0.2, 0) is 6.42 Å².